The molecule has 102 valence electrons. The third-order valence-corrected chi connectivity index (χ3v) is 3.24. The van der Waals surface area contributed by atoms with Gasteiger partial charge in [0.2, 0.25) is 0 Å². The predicted octanol–water partition coefficient (Wildman–Crippen LogP) is 2.24. The van der Waals surface area contributed by atoms with Crippen LogP contribution in [0.25, 0.3) is 10.2 Å². The zero-order valence-corrected chi connectivity index (χ0v) is 10.2. The summed E-state index contributed by atoms with van der Waals surface area (Å²) < 4.78 is 24.9. The largest absolute Gasteiger partial charge is 0.385 e. The standard InChI is InChI=1S/C10H9F2N3O3S/c11-10(12)6(16)3-13-5-1-2-7-8(14-4-19-7)9(5)15(17)18/h1-2,4,6,10,13,16H,3H2. The van der Waals surface area contributed by atoms with Crippen LogP contribution in [0.5, 0.6) is 0 Å². The Morgan fingerprint density at radius 2 is 2.26 bits per heavy atom. The van der Waals surface area contributed by atoms with Crippen molar-refractivity contribution in [3.8, 4) is 0 Å². The lowest BCUT2D eigenvalue weighted by molar-refractivity contribution is -0.382. The van der Waals surface area contributed by atoms with Crippen LogP contribution in [0, 0.1) is 10.1 Å². The molecule has 0 saturated heterocycles. The molecule has 0 amide bonds. The Kier molecular flexibility index (Phi) is 3.86. The molecular weight excluding hydrogens is 280 g/mol. The van der Waals surface area contributed by atoms with Crippen molar-refractivity contribution in [3.05, 3.63) is 27.8 Å². The predicted molar refractivity (Wildman–Crippen MR) is 66.8 cm³/mol. The fourth-order valence-corrected chi connectivity index (χ4v) is 2.23. The van der Waals surface area contributed by atoms with E-state index in [-0.39, 0.29) is 16.9 Å². The third kappa shape index (κ3) is 2.76. The van der Waals surface area contributed by atoms with Gasteiger partial charge in [-0.05, 0) is 12.1 Å². The first-order chi connectivity index (χ1) is 9.00. The number of aliphatic hydroxyl groups is 1. The van der Waals surface area contributed by atoms with Crippen LogP contribution < -0.4 is 5.32 Å². The molecule has 2 N–H and O–H groups in total. The zero-order valence-electron chi connectivity index (χ0n) is 9.42. The number of rotatable bonds is 5. The second kappa shape index (κ2) is 5.41. The van der Waals surface area contributed by atoms with E-state index in [2.05, 4.69) is 10.3 Å². The number of fused-ring (bicyclic) bond motifs is 1. The minimum absolute atomic E-state index is 0.0584. The van der Waals surface area contributed by atoms with E-state index in [0.717, 1.165) is 0 Å². The van der Waals surface area contributed by atoms with E-state index < -0.39 is 24.0 Å². The molecule has 2 aromatic rings. The summed E-state index contributed by atoms with van der Waals surface area (Å²) in [5, 5.41) is 22.5. The summed E-state index contributed by atoms with van der Waals surface area (Å²) >= 11 is 1.24. The van der Waals surface area contributed by atoms with Gasteiger partial charge in [0, 0.05) is 6.54 Å². The van der Waals surface area contributed by atoms with Gasteiger partial charge in [0.15, 0.2) is 5.52 Å². The molecule has 0 bridgehead atoms. The molecule has 9 heteroatoms. The molecular formula is C10H9F2N3O3S. The Morgan fingerprint density at radius 3 is 2.89 bits per heavy atom. The highest BCUT2D eigenvalue weighted by Crippen LogP contribution is 2.34. The molecule has 2 rings (SSSR count). The summed E-state index contributed by atoms with van der Waals surface area (Å²) in [6.07, 6.45) is -4.79. The highest BCUT2D eigenvalue weighted by atomic mass is 32.1. The quantitative estimate of drug-likeness (QED) is 0.651. The van der Waals surface area contributed by atoms with E-state index in [4.69, 9.17) is 5.11 Å². The molecule has 0 aliphatic rings. The van der Waals surface area contributed by atoms with E-state index in [1.54, 1.807) is 6.07 Å². The normalized spacial score (nSPS) is 12.8. The average molecular weight is 289 g/mol. The number of benzene rings is 1. The second-order valence-electron chi connectivity index (χ2n) is 3.70. The van der Waals surface area contributed by atoms with E-state index in [1.165, 1.54) is 22.9 Å². The molecule has 6 nitrogen and oxygen atoms in total. The van der Waals surface area contributed by atoms with Crippen LogP contribution in [0.2, 0.25) is 0 Å². The Balaban J connectivity index is 2.32. The van der Waals surface area contributed by atoms with Crippen molar-refractivity contribution < 1.29 is 18.8 Å². The summed E-state index contributed by atoms with van der Waals surface area (Å²) in [5.41, 5.74) is 1.45. The van der Waals surface area contributed by atoms with Crippen LogP contribution in [-0.4, -0.2) is 34.1 Å². The molecule has 1 unspecified atom stereocenters. The lowest BCUT2D eigenvalue weighted by Gasteiger charge is -2.11. The van der Waals surface area contributed by atoms with Gasteiger partial charge in [0.25, 0.3) is 6.43 Å². The summed E-state index contributed by atoms with van der Waals surface area (Å²) in [7, 11) is 0. The van der Waals surface area contributed by atoms with Crippen molar-refractivity contribution >= 4 is 32.9 Å². The SMILES string of the molecule is O=[N+]([O-])c1c(NCC(O)C(F)F)ccc2scnc12. The minimum Gasteiger partial charge on any atom is -0.385 e. The Labute approximate surface area is 109 Å². The maximum atomic E-state index is 12.2. The van der Waals surface area contributed by atoms with Crippen molar-refractivity contribution in [3.63, 3.8) is 0 Å². The number of hydrogen-bond acceptors (Lipinski definition) is 6. The Bertz CT molecular complexity index is 605. The van der Waals surface area contributed by atoms with Crippen LogP contribution in [0.4, 0.5) is 20.2 Å². The summed E-state index contributed by atoms with van der Waals surface area (Å²) in [6, 6.07) is 3.02. The van der Waals surface area contributed by atoms with E-state index in [1.807, 2.05) is 0 Å². The highest BCUT2D eigenvalue weighted by Gasteiger charge is 2.22. The maximum absolute atomic E-state index is 12.2. The number of halogens is 2. The highest BCUT2D eigenvalue weighted by molar-refractivity contribution is 7.16. The topological polar surface area (TPSA) is 88.3 Å². The van der Waals surface area contributed by atoms with Crippen molar-refractivity contribution in [2.24, 2.45) is 0 Å². The van der Waals surface area contributed by atoms with Crippen molar-refractivity contribution in [1.29, 1.82) is 0 Å². The first-order valence-corrected chi connectivity index (χ1v) is 6.09. The minimum atomic E-state index is -2.91. The Morgan fingerprint density at radius 1 is 1.53 bits per heavy atom. The number of nitrogens with zero attached hydrogens (tertiary/aromatic N) is 2. The van der Waals surface area contributed by atoms with Gasteiger partial charge in [-0.3, -0.25) is 10.1 Å². The van der Waals surface area contributed by atoms with Crippen LogP contribution in [0.15, 0.2) is 17.6 Å². The fraction of sp³-hybridized carbons (Fsp3) is 0.300. The Hall–Kier alpha value is -1.87. The fourth-order valence-electron chi connectivity index (χ4n) is 1.55. The summed E-state index contributed by atoms with van der Waals surface area (Å²) in [4.78, 5) is 14.3. The molecule has 0 radical (unpaired) electrons. The summed E-state index contributed by atoms with van der Waals surface area (Å²) in [6.45, 7) is -0.478. The van der Waals surface area contributed by atoms with Gasteiger partial charge in [-0.2, -0.15) is 0 Å². The van der Waals surface area contributed by atoms with Gasteiger partial charge in [-0.1, -0.05) is 0 Å². The summed E-state index contributed by atoms with van der Waals surface area (Å²) in [5.74, 6) is 0. The number of anilines is 1. The van der Waals surface area contributed by atoms with E-state index in [0.29, 0.717) is 4.70 Å². The third-order valence-electron chi connectivity index (χ3n) is 2.45. The number of nitrogens with one attached hydrogen (secondary N) is 1. The number of aliphatic hydroxyl groups excluding tert-OH is 1. The molecule has 0 fully saturated rings. The van der Waals surface area contributed by atoms with Crippen molar-refractivity contribution in [2.75, 3.05) is 11.9 Å². The first-order valence-electron chi connectivity index (χ1n) is 5.21. The van der Waals surface area contributed by atoms with Crippen molar-refractivity contribution in [1.82, 2.24) is 4.98 Å². The monoisotopic (exact) mass is 289 g/mol. The van der Waals surface area contributed by atoms with Gasteiger partial charge < -0.3 is 10.4 Å². The average Bonchev–Trinajstić information content (AvgIpc) is 2.82. The van der Waals surface area contributed by atoms with E-state index in [9.17, 15) is 18.9 Å². The lowest BCUT2D eigenvalue weighted by atomic mass is 10.2. The van der Waals surface area contributed by atoms with Crippen LogP contribution in [-0.2, 0) is 0 Å². The smallest absolute Gasteiger partial charge is 0.319 e. The molecule has 0 saturated carbocycles. The first kappa shape index (κ1) is 13.6. The van der Waals surface area contributed by atoms with Crippen LogP contribution >= 0.6 is 11.3 Å². The van der Waals surface area contributed by atoms with Gasteiger partial charge in [0.05, 0.1) is 15.1 Å². The van der Waals surface area contributed by atoms with Crippen molar-refractivity contribution in [2.45, 2.75) is 12.5 Å². The molecule has 1 atom stereocenters. The number of aromatic nitrogens is 1. The molecule has 1 aromatic carbocycles. The number of alkyl halides is 2. The molecule has 0 aliphatic heterocycles. The zero-order chi connectivity index (χ0) is 14.0. The number of thiazole rings is 1. The van der Waals surface area contributed by atoms with Gasteiger partial charge in [-0.25, -0.2) is 13.8 Å². The number of nitro groups is 1. The number of hydrogen-bond donors (Lipinski definition) is 2. The molecule has 0 aliphatic carbocycles. The van der Waals surface area contributed by atoms with E-state index >= 15 is 0 Å². The number of nitro benzene ring substituents is 1. The van der Waals surface area contributed by atoms with Gasteiger partial charge in [0.1, 0.15) is 11.8 Å². The van der Waals surface area contributed by atoms with Gasteiger partial charge >= 0.3 is 5.69 Å². The van der Waals surface area contributed by atoms with Crippen LogP contribution in [0.3, 0.4) is 0 Å². The molecule has 19 heavy (non-hydrogen) atoms. The molecule has 1 aromatic heterocycles. The van der Waals surface area contributed by atoms with Crippen LogP contribution in [0.1, 0.15) is 0 Å². The maximum Gasteiger partial charge on any atom is 0.319 e. The molecule has 1 heterocycles. The molecule has 0 spiro atoms. The van der Waals surface area contributed by atoms with Gasteiger partial charge in [-0.15, -0.1) is 11.3 Å². The second-order valence-corrected chi connectivity index (χ2v) is 4.59. The lowest BCUT2D eigenvalue weighted by Crippen LogP contribution is -2.27.